The highest BCUT2D eigenvalue weighted by molar-refractivity contribution is 7.90. The molecule has 1 N–H and O–H groups in total. The maximum absolute atomic E-state index is 11.8. The number of sulfone groups is 1. The normalized spacial score (nSPS) is 11.6. The molecule has 2 rings (SSSR count). The van der Waals surface area contributed by atoms with E-state index < -0.39 is 9.84 Å². The smallest absolute Gasteiger partial charge is 0.243 e. The van der Waals surface area contributed by atoms with Crippen LogP contribution in [0.3, 0.4) is 0 Å². The minimum Gasteiger partial charge on any atom is -0.250 e. The number of H-pyrrole nitrogens is 1. The summed E-state index contributed by atoms with van der Waals surface area (Å²) in [4.78, 5) is 3.65. The molecule has 0 fully saturated rings. The number of rotatable bonds is 3. The molecule has 0 saturated carbocycles. The van der Waals surface area contributed by atoms with Gasteiger partial charge in [0.15, 0.2) is 0 Å². The van der Waals surface area contributed by atoms with E-state index >= 15 is 0 Å². The van der Waals surface area contributed by atoms with E-state index in [1.54, 1.807) is 6.07 Å². The van der Waals surface area contributed by atoms with Crippen LogP contribution in [0.1, 0.15) is 11.1 Å². The van der Waals surface area contributed by atoms with E-state index in [1.165, 1.54) is 6.33 Å². The minimum absolute atomic E-state index is 0.0656. The lowest BCUT2D eigenvalue weighted by atomic mass is 10.2. The van der Waals surface area contributed by atoms with Gasteiger partial charge in [-0.1, -0.05) is 29.8 Å². The van der Waals surface area contributed by atoms with Crippen LogP contribution in [0.2, 0.25) is 0 Å². The zero-order valence-corrected chi connectivity index (χ0v) is 9.53. The Kier molecular flexibility index (Phi) is 2.74. The Hall–Kier alpha value is -1.69. The van der Waals surface area contributed by atoms with Gasteiger partial charge in [0.05, 0.1) is 5.75 Å². The molecule has 0 unspecified atom stereocenters. The number of aromatic nitrogens is 3. The molecule has 5 nitrogen and oxygen atoms in total. The maximum Gasteiger partial charge on any atom is 0.243 e. The Morgan fingerprint density at radius 1 is 1.38 bits per heavy atom. The Morgan fingerprint density at radius 2 is 2.19 bits per heavy atom. The maximum atomic E-state index is 11.8. The standard InChI is InChI=1S/C10H11N3O2S/c1-8-3-2-4-9(5-8)6-16(14,15)10-11-7-12-13-10/h2-5,7H,6H2,1H3,(H,11,12,13). The molecule has 16 heavy (non-hydrogen) atoms. The van der Waals surface area contributed by atoms with Crippen LogP contribution in [-0.2, 0) is 15.6 Å². The first kappa shape index (κ1) is 10.8. The van der Waals surface area contributed by atoms with Crippen LogP contribution in [0.4, 0.5) is 0 Å². The first-order valence-corrected chi connectivity index (χ1v) is 6.37. The van der Waals surface area contributed by atoms with Crippen molar-refractivity contribution in [1.29, 1.82) is 0 Å². The third-order valence-corrected chi connectivity index (χ3v) is 3.63. The van der Waals surface area contributed by atoms with Gasteiger partial charge in [0, 0.05) is 0 Å². The Morgan fingerprint density at radius 3 is 2.81 bits per heavy atom. The summed E-state index contributed by atoms with van der Waals surface area (Å²) in [7, 11) is -3.42. The molecule has 1 heterocycles. The van der Waals surface area contributed by atoms with Crippen LogP contribution in [0.5, 0.6) is 0 Å². The summed E-state index contributed by atoms with van der Waals surface area (Å²) in [5, 5.41) is 5.81. The van der Waals surface area contributed by atoms with Crippen molar-refractivity contribution in [2.45, 2.75) is 17.8 Å². The van der Waals surface area contributed by atoms with Gasteiger partial charge in [-0.3, -0.25) is 5.10 Å². The van der Waals surface area contributed by atoms with Gasteiger partial charge in [0.1, 0.15) is 6.33 Å². The topological polar surface area (TPSA) is 75.7 Å². The van der Waals surface area contributed by atoms with Gasteiger partial charge in [-0.2, -0.15) is 5.10 Å². The van der Waals surface area contributed by atoms with Gasteiger partial charge in [0.2, 0.25) is 15.0 Å². The highest BCUT2D eigenvalue weighted by atomic mass is 32.2. The number of hydrogen-bond acceptors (Lipinski definition) is 4. The van der Waals surface area contributed by atoms with Crippen LogP contribution in [-0.4, -0.2) is 23.6 Å². The van der Waals surface area contributed by atoms with Crippen molar-refractivity contribution in [2.24, 2.45) is 0 Å². The fraction of sp³-hybridized carbons (Fsp3) is 0.200. The molecule has 84 valence electrons. The van der Waals surface area contributed by atoms with Gasteiger partial charge < -0.3 is 0 Å². The highest BCUT2D eigenvalue weighted by Gasteiger charge is 2.18. The third-order valence-electron chi connectivity index (χ3n) is 2.13. The van der Waals surface area contributed by atoms with Crippen LogP contribution < -0.4 is 0 Å². The first-order chi connectivity index (χ1) is 7.58. The second kappa shape index (κ2) is 4.05. The van der Waals surface area contributed by atoms with Crippen LogP contribution >= 0.6 is 0 Å². The number of nitrogens with zero attached hydrogens (tertiary/aromatic N) is 2. The monoisotopic (exact) mass is 237 g/mol. The van der Waals surface area contributed by atoms with E-state index in [2.05, 4.69) is 15.2 Å². The molecular formula is C10H11N3O2S. The van der Waals surface area contributed by atoms with E-state index in [-0.39, 0.29) is 10.9 Å². The third kappa shape index (κ3) is 2.27. The van der Waals surface area contributed by atoms with Crippen molar-refractivity contribution in [2.75, 3.05) is 0 Å². The fourth-order valence-electron chi connectivity index (χ4n) is 1.43. The van der Waals surface area contributed by atoms with Gasteiger partial charge in [-0.15, -0.1) is 0 Å². The molecule has 0 aliphatic heterocycles. The number of aryl methyl sites for hydroxylation is 1. The molecule has 0 atom stereocenters. The predicted octanol–water partition coefficient (Wildman–Crippen LogP) is 1.09. The van der Waals surface area contributed by atoms with Crippen LogP contribution in [0.15, 0.2) is 35.7 Å². The summed E-state index contributed by atoms with van der Waals surface area (Å²) in [6, 6.07) is 7.37. The van der Waals surface area contributed by atoms with Crippen molar-refractivity contribution in [1.82, 2.24) is 15.2 Å². The lowest BCUT2D eigenvalue weighted by Crippen LogP contribution is -2.07. The second-order valence-corrected chi connectivity index (χ2v) is 5.44. The van der Waals surface area contributed by atoms with Gasteiger partial charge in [0.25, 0.3) is 0 Å². The quantitative estimate of drug-likeness (QED) is 0.866. The van der Waals surface area contributed by atoms with Crippen LogP contribution in [0, 0.1) is 6.92 Å². The molecular weight excluding hydrogens is 226 g/mol. The average Bonchev–Trinajstić information content (AvgIpc) is 2.69. The molecule has 0 radical (unpaired) electrons. The van der Waals surface area contributed by atoms with Crippen molar-refractivity contribution in [3.8, 4) is 0 Å². The molecule has 0 spiro atoms. The van der Waals surface area contributed by atoms with Gasteiger partial charge in [-0.25, -0.2) is 13.4 Å². The van der Waals surface area contributed by atoms with Gasteiger partial charge >= 0.3 is 0 Å². The lowest BCUT2D eigenvalue weighted by Gasteiger charge is -2.02. The highest BCUT2D eigenvalue weighted by Crippen LogP contribution is 2.12. The number of nitrogens with one attached hydrogen (secondary N) is 1. The summed E-state index contributed by atoms with van der Waals surface area (Å²) in [5.74, 6) is -0.0656. The largest absolute Gasteiger partial charge is 0.250 e. The summed E-state index contributed by atoms with van der Waals surface area (Å²) in [6.07, 6.45) is 1.18. The Bertz CT molecular complexity index is 576. The van der Waals surface area contributed by atoms with Crippen molar-refractivity contribution in [3.63, 3.8) is 0 Å². The van der Waals surface area contributed by atoms with E-state index in [0.29, 0.717) is 0 Å². The molecule has 6 heteroatoms. The molecule has 0 amide bonds. The fourth-order valence-corrected chi connectivity index (χ4v) is 2.59. The molecule has 2 aromatic rings. The number of hydrogen-bond donors (Lipinski definition) is 1. The first-order valence-electron chi connectivity index (χ1n) is 4.71. The zero-order valence-electron chi connectivity index (χ0n) is 8.71. The predicted molar refractivity (Wildman–Crippen MR) is 58.5 cm³/mol. The van der Waals surface area contributed by atoms with Gasteiger partial charge in [-0.05, 0) is 12.5 Å². The molecule has 0 saturated heterocycles. The summed E-state index contributed by atoms with van der Waals surface area (Å²) in [6.45, 7) is 1.92. The molecule has 0 aliphatic rings. The molecule has 0 bridgehead atoms. The average molecular weight is 237 g/mol. The lowest BCUT2D eigenvalue weighted by molar-refractivity contribution is 0.587. The van der Waals surface area contributed by atoms with E-state index in [9.17, 15) is 8.42 Å². The van der Waals surface area contributed by atoms with Crippen molar-refractivity contribution in [3.05, 3.63) is 41.7 Å². The molecule has 0 aliphatic carbocycles. The van der Waals surface area contributed by atoms with E-state index in [4.69, 9.17) is 0 Å². The summed E-state index contributed by atoms with van der Waals surface area (Å²) < 4.78 is 23.7. The number of benzene rings is 1. The molecule has 1 aromatic carbocycles. The Labute approximate surface area is 93.5 Å². The second-order valence-electron chi connectivity index (χ2n) is 3.54. The van der Waals surface area contributed by atoms with Crippen molar-refractivity contribution >= 4 is 9.84 Å². The summed E-state index contributed by atoms with van der Waals surface area (Å²) >= 11 is 0. The summed E-state index contributed by atoms with van der Waals surface area (Å²) in [5.41, 5.74) is 1.78. The molecule has 1 aromatic heterocycles. The number of aromatic amines is 1. The SMILES string of the molecule is Cc1cccc(CS(=O)(=O)c2ncn[nH]2)c1. The van der Waals surface area contributed by atoms with Crippen LogP contribution in [0.25, 0.3) is 0 Å². The zero-order chi connectivity index (χ0) is 11.6. The van der Waals surface area contributed by atoms with Crippen molar-refractivity contribution < 1.29 is 8.42 Å². The Balaban J connectivity index is 2.29. The van der Waals surface area contributed by atoms with E-state index in [0.717, 1.165) is 11.1 Å². The minimum atomic E-state index is -3.42. The van der Waals surface area contributed by atoms with E-state index in [1.807, 2.05) is 25.1 Å².